The van der Waals surface area contributed by atoms with Crippen molar-refractivity contribution in [2.75, 3.05) is 19.8 Å². The smallest absolute Gasteiger partial charge is 0.410 e. The van der Waals surface area contributed by atoms with E-state index in [-0.39, 0.29) is 12.1 Å². The number of hydrogen-bond donors (Lipinski definition) is 1. The number of hydrogen-bond acceptors (Lipinski definition) is 3. The molecule has 2 aliphatic rings. The molecule has 1 unspecified atom stereocenters. The Kier molecular flexibility index (Phi) is 5.83. The molecule has 1 aliphatic heterocycles. The van der Waals surface area contributed by atoms with Crippen molar-refractivity contribution in [2.45, 2.75) is 31.7 Å². The van der Waals surface area contributed by atoms with E-state index < -0.39 is 0 Å². The number of nitrogens with zero attached hydrogens (tertiary/aromatic N) is 1. The lowest BCUT2D eigenvalue weighted by atomic mass is 9.86. The van der Waals surface area contributed by atoms with E-state index in [4.69, 9.17) is 21.1 Å². The summed E-state index contributed by atoms with van der Waals surface area (Å²) in [6, 6.07) is 13.5. The third kappa shape index (κ3) is 3.97. The molecule has 5 rings (SSSR count). The maximum absolute atomic E-state index is 13.1. The van der Waals surface area contributed by atoms with Gasteiger partial charge in [-0.05, 0) is 66.6 Å². The van der Waals surface area contributed by atoms with Gasteiger partial charge in [0.2, 0.25) is 0 Å². The van der Waals surface area contributed by atoms with Gasteiger partial charge >= 0.3 is 6.09 Å². The Balaban J connectivity index is 1.50. The maximum atomic E-state index is 13.1. The van der Waals surface area contributed by atoms with Crippen molar-refractivity contribution in [2.24, 2.45) is 5.92 Å². The first kappa shape index (κ1) is 21.0. The molecule has 5 nitrogen and oxygen atoms in total. The molecule has 1 N–H and O–H groups in total. The second-order valence-corrected chi connectivity index (χ2v) is 9.03. The minimum Gasteiger partial charge on any atom is -0.490 e. The van der Waals surface area contributed by atoms with E-state index in [2.05, 4.69) is 11.6 Å². The molecule has 1 saturated carbocycles. The van der Waals surface area contributed by atoms with Gasteiger partial charge in [0.1, 0.15) is 18.4 Å². The maximum Gasteiger partial charge on any atom is 0.410 e. The van der Waals surface area contributed by atoms with Crippen molar-refractivity contribution in [3.63, 3.8) is 0 Å². The second kappa shape index (κ2) is 8.91. The standard InChI is InChI=1S/C26H27ClN2O3/c1-2-14-31-20-9-6-18(7-10-20)25-24-21(22-15-19(27)8-11-23(22)28-24)12-13-29(25)26(30)32-16-17-4-3-5-17/h2,6-11,15,17,25,28H,1,3-5,12-14,16H2. The van der Waals surface area contributed by atoms with Crippen molar-refractivity contribution in [1.29, 1.82) is 0 Å². The summed E-state index contributed by atoms with van der Waals surface area (Å²) in [6.07, 6.45) is 5.75. The average molecular weight is 451 g/mol. The molecule has 2 heterocycles. The van der Waals surface area contributed by atoms with E-state index in [0.717, 1.165) is 47.2 Å². The molecule has 0 bridgehead atoms. The van der Waals surface area contributed by atoms with Gasteiger partial charge in [-0.3, -0.25) is 4.90 Å². The molecule has 1 aliphatic carbocycles. The van der Waals surface area contributed by atoms with Gasteiger partial charge in [0.05, 0.1) is 6.61 Å². The Hall–Kier alpha value is -2.92. The van der Waals surface area contributed by atoms with Crippen LogP contribution in [0, 0.1) is 5.92 Å². The SMILES string of the molecule is C=CCOc1ccc(C2c3[nH]c4ccc(Cl)cc4c3CCN2C(=O)OCC2CCC2)cc1. The zero-order valence-electron chi connectivity index (χ0n) is 18.0. The van der Waals surface area contributed by atoms with E-state index in [1.807, 2.05) is 47.4 Å². The van der Waals surface area contributed by atoms with Crippen LogP contribution >= 0.6 is 11.6 Å². The van der Waals surface area contributed by atoms with E-state index in [0.29, 0.717) is 30.7 Å². The number of fused-ring (bicyclic) bond motifs is 3. The lowest BCUT2D eigenvalue weighted by Crippen LogP contribution is -2.41. The molecular formula is C26H27ClN2O3. The van der Waals surface area contributed by atoms with Crippen LogP contribution in [0.3, 0.4) is 0 Å². The van der Waals surface area contributed by atoms with Crippen molar-refractivity contribution in [3.8, 4) is 5.75 Å². The molecule has 1 fully saturated rings. The van der Waals surface area contributed by atoms with Crippen molar-refractivity contribution in [3.05, 3.63) is 77.0 Å². The molecule has 32 heavy (non-hydrogen) atoms. The normalized spacial score (nSPS) is 18.2. The number of halogens is 1. The van der Waals surface area contributed by atoms with Gasteiger partial charge in [0, 0.05) is 28.2 Å². The lowest BCUT2D eigenvalue weighted by molar-refractivity contribution is 0.0620. The van der Waals surface area contributed by atoms with Crippen LogP contribution in [0.4, 0.5) is 4.79 Å². The Morgan fingerprint density at radius 2 is 2.03 bits per heavy atom. The van der Waals surface area contributed by atoms with E-state index in [9.17, 15) is 4.79 Å². The zero-order chi connectivity index (χ0) is 22.1. The minimum atomic E-state index is -0.257. The van der Waals surface area contributed by atoms with Crippen LogP contribution in [0.5, 0.6) is 5.75 Å². The Labute approximate surface area is 193 Å². The predicted octanol–water partition coefficient (Wildman–Crippen LogP) is 6.27. The summed E-state index contributed by atoms with van der Waals surface area (Å²) in [6.45, 7) is 5.24. The largest absolute Gasteiger partial charge is 0.490 e. The molecule has 0 radical (unpaired) electrons. The number of rotatable bonds is 6. The fraction of sp³-hybridized carbons (Fsp3) is 0.346. The van der Waals surface area contributed by atoms with Crippen molar-refractivity contribution < 1.29 is 14.3 Å². The monoisotopic (exact) mass is 450 g/mol. The Morgan fingerprint density at radius 1 is 1.22 bits per heavy atom. The molecule has 6 heteroatoms. The number of H-pyrrole nitrogens is 1. The Morgan fingerprint density at radius 3 is 2.75 bits per heavy atom. The molecule has 1 aromatic heterocycles. The molecule has 1 atom stereocenters. The summed E-state index contributed by atoms with van der Waals surface area (Å²) >= 11 is 6.28. The quantitative estimate of drug-likeness (QED) is 0.450. The summed E-state index contributed by atoms with van der Waals surface area (Å²) in [5, 5.41) is 1.83. The molecule has 0 saturated heterocycles. The minimum absolute atomic E-state index is 0.253. The first-order valence-electron chi connectivity index (χ1n) is 11.2. The van der Waals surface area contributed by atoms with Crippen LogP contribution in [0.15, 0.2) is 55.1 Å². The highest BCUT2D eigenvalue weighted by Gasteiger charge is 2.36. The highest BCUT2D eigenvalue weighted by atomic mass is 35.5. The van der Waals surface area contributed by atoms with E-state index in [1.165, 1.54) is 12.0 Å². The number of amides is 1. The number of nitrogens with one attached hydrogen (secondary N) is 1. The Bertz CT molecular complexity index is 1130. The van der Waals surface area contributed by atoms with Crippen LogP contribution in [0.25, 0.3) is 10.9 Å². The molecular weight excluding hydrogens is 424 g/mol. The van der Waals surface area contributed by atoms with E-state index in [1.54, 1.807) is 6.08 Å². The fourth-order valence-corrected chi connectivity index (χ4v) is 4.81. The van der Waals surface area contributed by atoms with Crippen LogP contribution in [-0.2, 0) is 11.2 Å². The highest BCUT2D eigenvalue weighted by molar-refractivity contribution is 6.31. The fourth-order valence-electron chi connectivity index (χ4n) is 4.64. The molecule has 166 valence electrons. The highest BCUT2D eigenvalue weighted by Crippen LogP contribution is 2.40. The second-order valence-electron chi connectivity index (χ2n) is 8.60. The summed E-state index contributed by atoms with van der Waals surface area (Å²) < 4.78 is 11.4. The number of carbonyl (C=O) groups excluding carboxylic acids is 1. The van der Waals surface area contributed by atoms with Crippen LogP contribution in [0.1, 0.15) is 42.1 Å². The number of ether oxygens (including phenoxy) is 2. The van der Waals surface area contributed by atoms with Crippen LogP contribution in [0.2, 0.25) is 5.02 Å². The summed E-state index contributed by atoms with van der Waals surface area (Å²) in [5.41, 5.74) is 4.27. The summed E-state index contributed by atoms with van der Waals surface area (Å²) in [5.74, 6) is 1.28. The number of benzene rings is 2. The first-order chi connectivity index (χ1) is 15.6. The van der Waals surface area contributed by atoms with Gasteiger partial charge in [-0.2, -0.15) is 0 Å². The topological polar surface area (TPSA) is 54.6 Å². The third-order valence-corrected chi connectivity index (χ3v) is 6.79. The van der Waals surface area contributed by atoms with Gasteiger partial charge in [-0.15, -0.1) is 0 Å². The van der Waals surface area contributed by atoms with Gasteiger partial charge in [-0.1, -0.05) is 42.8 Å². The van der Waals surface area contributed by atoms with Crippen LogP contribution < -0.4 is 4.74 Å². The summed E-state index contributed by atoms with van der Waals surface area (Å²) in [7, 11) is 0. The van der Waals surface area contributed by atoms with Gasteiger partial charge < -0.3 is 14.5 Å². The average Bonchev–Trinajstić information content (AvgIpc) is 3.14. The first-order valence-corrected chi connectivity index (χ1v) is 11.6. The van der Waals surface area contributed by atoms with E-state index >= 15 is 0 Å². The number of aromatic nitrogens is 1. The molecule has 2 aromatic carbocycles. The van der Waals surface area contributed by atoms with Crippen LogP contribution in [-0.4, -0.2) is 35.7 Å². The van der Waals surface area contributed by atoms with Crippen molar-refractivity contribution >= 4 is 28.6 Å². The number of aromatic amines is 1. The van der Waals surface area contributed by atoms with Crippen molar-refractivity contribution in [1.82, 2.24) is 9.88 Å². The predicted molar refractivity (Wildman–Crippen MR) is 126 cm³/mol. The zero-order valence-corrected chi connectivity index (χ0v) is 18.7. The lowest BCUT2D eigenvalue weighted by Gasteiger charge is -2.36. The van der Waals surface area contributed by atoms with Gasteiger partial charge in [0.15, 0.2) is 0 Å². The summed E-state index contributed by atoms with van der Waals surface area (Å²) in [4.78, 5) is 18.6. The number of carbonyl (C=O) groups is 1. The van der Waals surface area contributed by atoms with Gasteiger partial charge in [-0.25, -0.2) is 4.79 Å². The third-order valence-electron chi connectivity index (χ3n) is 6.55. The molecule has 3 aromatic rings. The molecule has 0 spiro atoms. The van der Waals surface area contributed by atoms with Gasteiger partial charge in [0.25, 0.3) is 0 Å². The molecule has 1 amide bonds.